The Bertz CT molecular complexity index is 852. The van der Waals surface area contributed by atoms with Gasteiger partial charge in [0.15, 0.2) is 0 Å². The second-order valence-electron chi connectivity index (χ2n) is 18.6. The summed E-state index contributed by atoms with van der Waals surface area (Å²) in [6, 6.07) is 0. The second kappa shape index (κ2) is 47.9. The summed E-state index contributed by atoms with van der Waals surface area (Å²) < 4.78 is 11.6. The van der Waals surface area contributed by atoms with Crippen molar-refractivity contribution in [3.63, 3.8) is 0 Å². The average molecular weight is 836 g/mol. The van der Waals surface area contributed by atoms with Crippen LogP contribution in [0.25, 0.3) is 0 Å². The summed E-state index contributed by atoms with van der Waals surface area (Å²) in [7, 11) is 0. The van der Waals surface area contributed by atoms with Crippen LogP contribution in [0, 0.1) is 11.8 Å². The van der Waals surface area contributed by atoms with Gasteiger partial charge in [0.2, 0.25) is 0 Å². The van der Waals surface area contributed by atoms with E-state index in [0.29, 0.717) is 37.9 Å². The van der Waals surface area contributed by atoms with Crippen LogP contribution < -0.4 is 0 Å². The minimum Gasteiger partial charge on any atom is -0.465 e. The number of hydrogen-bond donors (Lipinski definition) is 1. The average Bonchev–Trinajstić information content (AvgIpc) is 3.24. The molecule has 0 aliphatic heterocycles. The zero-order valence-electron chi connectivity index (χ0n) is 40.5. The van der Waals surface area contributed by atoms with Gasteiger partial charge in [-0.15, -0.1) is 0 Å². The molecule has 0 aromatic heterocycles. The van der Waals surface area contributed by atoms with Gasteiger partial charge in [-0.25, -0.2) is 0 Å². The largest absolute Gasteiger partial charge is 0.465 e. The summed E-state index contributed by atoms with van der Waals surface area (Å²) in [6.07, 6.45) is 46.7. The van der Waals surface area contributed by atoms with Crippen LogP contribution in [0.3, 0.4) is 0 Å². The summed E-state index contributed by atoms with van der Waals surface area (Å²) in [6.45, 7) is 13.9. The molecule has 2 unspecified atom stereocenters. The van der Waals surface area contributed by atoms with Crippen molar-refractivity contribution in [1.29, 1.82) is 0 Å². The maximum atomic E-state index is 12.6. The Morgan fingerprint density at radius 3 is 0.983 bits per heavy atom. The first-order valence-electron chi connectivity index (χ1n) is 26.6. The van der Waals surface area contributed by atoms with E-state index in [-0.39, 0.29) is 18.5 Å². The van der Waals surface area contributed by atoms with Crippen molar-refractivity contribution in [2.75, 3.05) is 39.5 Å². The Morgan fingerprint density at radius 2 is 0.644 bits per heavy atom. The molecule has 6 nitrogen and oxygen atoms in total. The fourth-order valence-electron chi connectivity index (χ4n) is 8.56. The van der Waals surface area contributed by atoms with E-state index >= 15 is 0 Å². The predicted octanol–water partition coefficient (Wildman–Crippen LogP) is 15.9. The standard InChI is InChI=1S/C53H105NO5/c1-5-9-13-17-22-30-40-50(38-28-16-12-8-4)48-58-52(56)42-32-24-19-26-34-44-54(46-36-37-47-55)45-35-27-20-25-33-43-53(57)59-49-51(39-29-21-15-11-7-3)41-31-23-18-14-10-6-2/h50-51,55H,5-49H2,1-4H3. The van der Waals surface area contributed by atoms with Crippen molar-refractivity contribution >= 4 is 11.9 Å². The lowest BCUT2D eigenvalue weighted by Crippen LogP contribution is -2.27. The molecular weight excluding hydrogens is 731 g/mol. The van der Waals surface area contributed by atoms with Crippen LogP contribution >= 0.6 is 0 Å². The first kappa shape index (κ1) is 57.9. The highest BCUT2D eigenvalue weighted by molar-refractivity contribution is 5.69. The topological polar surface area (TPSA) is 76.1 Å². The number of carbonyl (C=O) groups is 2. The molecule has 0 aromatic rings. The summed E-state index contributed by atoms with van der Waals surface area (Å²) in [5, 5.41) is 9.33. The molecular formula is C53H105NO5. The highest BCUT2D eigenvalue weighted by atomic mass is 16.5. The summed E-state index contributed by atoms with van der Waals surface area (Å²) in [5.41, 5.74) is 0. The first-order valence-corrected chi connectivity index (χ1v) is 26.6. The molecule has 0 amide bonds. The number of nitrogens with zero attached hydrogens (tertiary/aromatic N) is 1. The molecule has 0 fully saturated rings. The summed E-state index contributed by atoms with van der Waals surface area (Å²) in [4.78, 5) is 27.8. The van der Waals surface area contributed by atoms with Gasteiger partial charge in [-0.2, -0.15) is 0 Å². The SMILES string of the molecule is CCCCCCCCC(CCCCCC)COC(=O)CCCCCCCN(CCCCO)CCCCCCCC(=O)OCC(CCCCCCC)CCCCCCCC. The third kappa shape index (κ3) is 43.3. The highest BCUT2D eigenvalue weighted by Crippen LogP contribution is 2.22. The molecule has 0 rings (SSSR count). The Labute approximate surface area is 369 Å². The summed E-state index contributed by atoms with van der Waals surface area (Å²) in [5.74, 6) is 1.09. The number of hydrogen-bond acceptors (Lipinski definition) is 6. The third-order valence-electron chi connectivity index (χ3n) is 12.7. The molecule has 0 saturated heterocycles. The van der Waals surface area contributed by atoms with Crippen molar-refractivity contribution < 1.29 is 24.2 Å². The van der Waals surface area contributed by atoms with E-state index < -0.39 is 0 Å². The Balaban J connectivity index is 4.24. The van der Waals surface area contributed by atoms with Crippen LogP contribution in [0.4, 0.5) is 0 Å². The molecule has 6 heteroatoms. The van der Waals surface area contributed by atoms with Crippen molar-refractivity contribution in [3.05, 3.63) is 0 Å². The molecule has 0 heterocycles. The Hall–Kier alpha value is -1.14. The van der Waals surface area contributed by atoms with Gasteiger partial charge in [-0.3, -0.25) is 9.59 Å². The number of ether oxygens (including phenoxy) is 2. The van der Waals surface area contributed by atoms with E-state index in [2.05, 4.69) is 32.6 Å². The van der Waals surface area contributed by atoms with Gasteiger partial charge in [-0.1, -0.05) is 201 Å². The number of unbranched alkanes of at least 4 members (excludes halogenated alkanes) is 26. The Kier molecular flexibility index (Phi) is 47.0. The molecule has 0 saturated carbocycles. The van der Waals surface area contributed by atoms with E-state index in [0.717, 1.165) is 58.2 Å². The zero-order chi connectivity index (χ0) is 43.1. The molecule has 0 aliphatic rings. The third-order valence-corrected chi connectivity index (χ3v) is 12.7. The molecule has 0 spiro atoms. The lowest BCUT2D eigenvalue weighted by molar-refractivity contribution is -0.146. The number of esters is 2. The molecule has 1 N–H and O–H groups in total. The molecule has 0 radical (unpaired) electrons. The van der Waals surface area contributed by atoms with Crippen LogP contribution in [-0.4, -0.2) is 61.4 Å². The second-order valence-corrected chi connectivity index (χ2v) is 18.6. The van der Waals surface area contributed by atoms with Gasteiger partial charge < -0.3 is 19.5 Å². The normalized spacial score (nSPS) is 12.6. The summed E-state index contributed by atoms with van der Waals surface area (Å²) >= 11 is 0. The fourth-order valence-corrected chi connectivity index (χ4v) is 8.56. The smallest absolute Gasteiger partial charge is 0.305 e. The van der Waals surface area contributed by atoms with Gasteiger partial charge in [0.1, 0.15) is 0 Å². The molecule has 352 valence electrons. The lowest BCUT2D eigenvalue weighted by Gasteiger charge is -2.22. The molecule has 0 bridgehead atoms. The van der Waals surface area contributed by atoms with Gasteiger partial charge in [0, 0.05) is 19.4 Å². The number of carbonyl (C=O) groups excluding carboxylic acids is 2. The van der Waals surface area contributed by atoms with Crippen molar-refractivity contribution in [3.8, 4) is 0 Å². The van der Waals surface area contributed by atoms with Crippen LogP contribution in [0.2, 0.25) is 0 Å². The lowest BCUT2D eigenvalue weighted by atomic mass is 9.95. The molecule has 59 heavy (non-hydrogen) atoms. The maximum absolute atomic E-state index is 12.6. The predicted molar refractivity (Wildman–Crippen MR) is 255 cm³/mol. The van der Waals surface area contributed by atoms with Crippen molar-refractivity contribution in [1.82, 2.24) is 4.90 Å². The van der Waals surface area contributed by atoms with E-state index in [1.165, 1.54) is 199 Å². The first-order chi connectivity index (χ1) is 29.0. The highest BCUT2D eigenvalue weighted by Gasteiger charge is 2.14. The number of aliphatic hydroxyl groups is 1. The van der Waals surface area contributed by atoms with Gasteiger partial charge in [-0.05, 0) is 95.7 Å². The quantitative estimate of drug-likeness (QED) is 0.0486. The minimum absolute atomic E-state index is 0.00697. The van der Waals surface area contributed by atoms with Crippen molar-refractivity contribution in [2.24, 2.45) is 11.8 Å². The van der Waals surface area contributed by atoms with Crippen LogP contribution in [0.15, 0.2) is 0 Å². The minimum atomic E-state index is 0.00697. The Morgan fingerprint density at radius 1 is 0.373 bits per heavy atom. The van der Waals surface area contributed by atoms with Crippen molar-refractivity contribution in [2.45, 2.75) is 278 Å². The van der Waals surface area contributed by atoms with E-state index in [1.807, 2.05) is 0 Å². The molecule has 0 aliphatic carbocycles. The van der Waals surface area contributed by atoms with E-state index in [4.69, 9.17) is 9.47 Å². The van der Waals surface area contributed by atoms with Gasteiger partial charge in [0.05, 0.1) is 13.2 Å². The zero-order valence-corrected chi connectivity index (χ0v) is 40.5. The van der Waals surface area contributed by atoms with Crippen LogP contribution in [0.5, 0.6) is 0 Å². The van der Waals surface area contributed by atoms with Gasteiger partial charge >= 0.3 is 11.9 Å². The molecule has 0 aromatic carbocycles. The van der Waals surface area contributed by atoms with E-state index in [9.17, 15) is 14.7 Å². The van der Waals surface area contributed by atoms with Gasteiger partial charge in [0.25, 0.3) is 0 Å². The number of aliphatic hydroxyl groups excluding tert-OH is 1. The molecule has 2 atom stereocenters. The number of rotatable bonds is 49. The monoisotopic (exact) mass is 836 g/mol. The van der Waals surface area contributed by atoms with Crippen LogP contribution in [-0.2, 0) is 19.1 Å². The fraction of sp³-hybridized carbons (Fsp3) is 0.962. The van der Waals surface area contributed by atoms with E-state index in [1.54, 1.807) is 0 Å². The maximum Gasteiger partial charge on any atom is 0.305 e. The van der Waals surface area contributed by atoms with Crippen LogP contribution in [0.1, 0.15) is 278 Å².